The summed E-state index contributed by atoms with van der Waals surface area (Å²) in [7, 11) is 0. The van der Waals surface area contributed by atoms with Gasteiger partial charge in [0.05, 0.1) is 12.7 Å². The van der Waals surface area contributed by atoms with E-state index < -0.39 is 0 Å². The van der Waals surface area contributed by atoms with Crippen LogP contribution in [0.15, 0.2) is 54.6 Å². The number of hydrogen-bond acceptors (Lipinski definition) is 3. The van der Waals surface area contributed by atoms with Crippen LogP contribution in [0.25, 0.3) is 0 Å². The Labute approximate surface area is 119 Å². The Morgan fingerprint density at radius 3 is 2.35 bits per heavy atom. The number of rotatable bonds is 3. The summed E-state index contributed by atoms with van der Waals surface area (Å²) in [4.78, 5) is 0. The lowest BCUT2D eigenvalue weighted by Crippen LogP contribution is -2.40. The van der Waals surface area contributed by atoms with E-state index in [1.54, 1.807) is 0 Å². The summed E-state index contributed by atoms with van der Waals surface area (Å²) >= 11 is 0. The van der Waals surface area contributed by atoms with Crippen LogP contribution in [-0.2, 0) is 4.74 Å². The second-order valence-electron chi connectivity index (χ2n) is 5.12. The molecule has 0 aliphatic carbocycles. The molecule has 1 aliphatic rings. The van der Waals surface area contributed by atoms with Gasteiger partial charge in [0.25, 0.3) is 0 Å². The van der Waals surface area contributed by atoms with Crippen molar-refractivity contribution < 1.29 is 9.47 Å². The van der Waals surface area contributed by atoms with Crippen molar-refractivity contribution in [1.29, 1.82) is 0 Å². The van der Waals surface area contributed by atoms with Crippen LogP contribution in [0.1, 0.15) is 18.6 Å². The molecule has 0 spiro atoms. The highest BCUT2D eigenvalue weighted by Gasteiger charge is 2.19. The highest BCUT2D eigenvalue weighted by atomic mass is 16.5. The quantitative estimate of drug-likeness (QED) is 0.924. The van der Waals surface area contributed by atoms with E-state index in [-0.39, 0.29) is 6.10 Å². The van der Waals surface area contributed by atoms with Gasteiger partial charge >= 0.3 is 0 Å². The van der Waals surface area contributed by atoms with Crippen molar-refractivity contribution in [2.45, 2.75) is 19.1 Å². The van der Waals surface area contributed by atoms with Gasteiger partial charge in [-0.1, -0.05) is 30.3 Å². The molecule has 3 nitrogen and oxygen atoms in total. The lowest BCUT2D eigenvalue weighted by atomic mass is 10.1. The molecule has 0 bridgehead atoms. The van der Waals surface area contributed by atoms with Gasteiger partial charge in [-0.25, -0.2) is 0 Å². The molecule has 0 amide bonds. The molecule has 2 aromatic carbocycles. The van der Waals surface area contributed by atoms with Crippen LogP contribution in [0.3, 0.4) is 0 Å². The van der Waals surface area contributed by atoms with Crippen LogP contribution in [0, 0.1) is 0 Å². The van der Waals surface area contributed by atoms with Gasteiger partial charge in [-0.3, -0.25) is 0 Å². The van der Waals surface area contributed by atoms with Crippen molar-refractivity contribution >= 4 is 0 Å². The topological polar surface area (TPSA) is 30.5 Å². The van der Waals surface area contributed by atoms with Crippen LogP contribution < -0.4 is 10.1 Å². The molecule has 2 aromatic rings. The van der Waals surface area contributed by atoms with Crippen LogP contribution >= 0.6 is 0 Å². The number of morpholine rings is 1. The van der Waals surface area contributed by atoms with Gasteiger partial charge in [-0.15, -0.1) is 0 Å². The summed E-state index contributed by atoms with van der Waals surface area (Å²) in [6.07, 6.45) is 0.136. The molecule has 20 heavy (non-hydrogen) atoms. The summed E-state index contributed by atoms with van der Waals surface area (Å²) in [5, 5.41) is 3.43. The highest BCUT2D eigenvalue weighted by molar-refractivity contribution is 5.33. The Bertz CT molecular complexity index is 531. The summed E-state index contributed by atoms with van der Waals surface area (Å²) in [5.74, 6) is 1.70. The largest absolute Gasteiger partial charge is 0.457 e. The molecule has 1 N–H and O–H groups in total. The molecule has 1 aliphatic heterocycles. The molecule has 2 unspecified atom stereocenters. The minimum absolute atomic E-state index is 0.136. The zero-order chi connectivity index (χ0) is 13.8. The summed E-state index contributed by atoms with van der Waals surface area (Å²) < 4.78 is 11.6. The van der Waals surface area contributed by atoms with E-state index >= 15 is 0 Å². The zero-order valence-corrected chi connectivity index (χ0v) is 11.6. The molecule has 1 fully saturated rings. The van der Waals surface area contributed by atoms with Gasteiger partial charge in [-0.05, 0) is 36.8 Å². The lowest BCUT2D eigenvalue weighted by Gasteiger charge is -2.28. The summed E-state index contributed by atoms with van der Waals surface area (Å²) in [5.41, 5.74) is 1.19. The van der Waals surface area contributed by atoms with Gasteiger partial charge in [0.1, 0.15) is 11.5 Å². The Morgan fingerprint density at radius 2 is 1.70 bits per heavy atom. The maximum absolute atomic E-state index is 5.83. The second kappa shape index (κ2) is 6.07. The van der Waals surface area contributed by atoms with Gasteiger partial charge in [0, 0.05) is 12.6 Å². The number of nitrogens with one attached hydrogen (secondary N) is 1. The summed E-state index contributed by atoms with van der Waals surface area (Å²) in [6, 6.07) is 18.4. The third-order valence-corrected chi connectivity index (χ3v) is 3.43. The predicted octanol–water partition coefficient (Wildman–Crippen LogP) is 3.53. The van der Waals surface area contributed by atoms with Crippen molar-refractivity contribution in [1.82, 2.24) is 5.32 Å². The highest BCUT2D eigenvalue weighted by Crippen LogP contribution is 2.25. The predicted molar refractivity (Wildman–Crippen MR) is 79.1 cm³/mol. The fourth-order valence-corrected chi connectivity index (χ4v) is 2.28. The maximum Gasteiger partial charge on any atom is 0.127 e. The average molecular weight is 269 g/mol. The molecule has 2 atom stereocenters. The Hall–Kier alpha value is -1.84. The van der Waals surface area contributed by atoms with Gasteiger partial charge < -0.3 is 14.8 Å². The van der Waals surface area contributed by atoms with E-state index in [4.69, 9.17) is 9.47 Å². The van der Waals surface area contributed by atoms with E-state index in [1.807, 2.05) is 42.5 Å². The molecular weight excluding hydrogens is 250 g/mol. The fraction of sp³-hybridized carbons (Fsp3) is 0.294. The lowest BCUT2D eigenvalue weighted by molar-refractivity contribution is 0.00694. The maximum atomic E-state index is 5.83. The number of benzene rings is 2. The number of ether oxygens (including phenoxy) is 2. The molecule has 3 rings (SSSR count). The first kappa shape index (κ1) is 13.2. The van der Waals surface area contributed by atoms with Crippen LogP contribution in [0.2, 0.25) is 0 Å². The number of hydrogen-bond donors (Lipinski definition) is 1. The first-order valence-corrected chi connectivity index (χ1v) is 6.99. The third kappa shape index (κ3) is 3.18. The SMILES string of the molecule is CC1COC(c2ccc(Oc3ccccc3)cc2)CN1. The summed E-state index contributed by atoms with van der Waals surface area (Å²) in [6.45, 7) is 3.75. The number of para-hydroxylation sites is 1. The Morgan fingerprint density at radius 1 is 1.00 bits per heavy atom. The molecule has 1 saturated heterocycles. The van der Waals surface area contributed by atoms with E-state index in [0.29, 0.717) is 6.04 Å². The first-order valence-electron chi connectivity index (χ1n) is 6.99. The van der Waals surface area contributed by atoms with Crippen molar-refractivity contribution in [2.75, 3.05) is 13.2 Å². The van der Waals surface area contributed by atoms with Gasteiger partial charge in [-0.2, -0.15) is 0 Å². The van der Waals surface area contributed by atoms with Crippen molar-refractivity contribution in [3.8, 4) is 11.5 Å². The standard InChI is InChI=1S/C17H19NO2/c1-13-12-19-17(11-18-13)14-7-9-16(10-8-14)20-15-5-3-2-4-6-15/h2-10,13,17-18H,11-12H2,1H3. The molecule has 0 saturated carbocycles. The molecule has 0 aromatic heterocycles. The van der Waals surface area contributed by atoms with Crippen molar-refractivity contribution in [3.05, 3.63) is 60.2 Å². The minimum Gasteiger partial charge on any atom is -0.457 e. The van der Waals surface area contributed by atoms with E-state index in [2.05, 4.69) is 24.4 Å². The van der Waals surface area contributed by atoms with Crippen LogP contribution in [0.4, 0.5) is 0 Å². The molecular formula is C17H19NO2. The van der Waals surface area contributed by atoms with Gasteiger partial charge in [0.15, 0.2) is 0 Å². The smallest absolute Gasteiger partial charge is 0.127 e. The second-order valence-corrected chi connectivity index (χ2v) is 5.12. The minimum atomic E-state index is 0.136. The van der Waals surface area contributed by atoms with Crippen molar-refractivity contribution in [3.63, 3.8) is 0 Å². The van der Waals surface area contributed by atoms with Crippen molar-refractivity contribution in [2.24, 2.45) is 0 Å². The molecule has 1 heterocycles. The van der Waals surface area contributed by atoms with E-state index in [1.165, 1.54) is 5.56 Å². The monoisotopic (exact) mass is 269 g/mol. The van der Waals surface area contributed by atoms with E-state index in [9.17, 15) is 0 Å². The average Bonchev–Trinajstić information content (AvgIpc) is 2.50. The van der Waals surface area contributed by atoms with Crippen LogP contribution in [-0.4, -0.2) is 19.2 Å². The molecule has 3 heteroatoms. The molecule has 0 radical (unpaired) electrons. The van der Waals surface area contributed by atoms with E-state index in [0.717, 1.165) is 24.7 Å². The normalized spacial score (nSPS) is 22.4. The molecule has 104 valence electrons. The third-order valence-electron chi connectivity index (χ3n) is 3.43. The Balaban J connectivity index is 1.65. The van der Waals surface area contributed by atoms with Gasteiger partial charge in [0.2, 0.25) is 0 Å². The van der Waals surface area contributed by atoms with Crippen LogP contribution in [0.5, 0.6) is 11.5 Å². The zero-order valence-electron chi connectivity index (χ0n) is 11.6. The first-order chi connectivity index (χ1) is 9.81. The Kier molecular flexibility index (Phi) is 4.00. The fourth-order valence-electron chi connectivity index (χ4n) is 2.28.